The summed E-state index contributed by atoms with van der Waals surface area (Å²) in [5.74, 6) is 2.54. The molecule has 0 amide bonds. The van der Waals surface area contributed by atoms with E-state index in [1.54, 1.807) is 0 Å². The summed E-state index contributed by atoms with van der Waals surface area (Å²) in [7, 11) is 0. The van der Waals surface area contributed by atoms with E-state index in [0.717, 1.165) is 25.2 Å². The second-order valence-electron chi connectivity index (χ2n) is 9.90. The second kappa shape index (κ2) is 10.7. The fraction of sp³-hybridized carbons (Fsp3) is 0.840. The SMILES string of the molecule is CCCC(C)c1cnn(C2CCN(CC3CCC(C(=O)C(C)CC)CC3)CC2)c1. The van der Waals surface area contributed by atoms with E-state index in [0.29, 0.717) is 23.7 Å². The minimum absolute atomic E-state index is 0.253. The van der Waals surface area contributed by atoms with E-state index in [4.69, 9.17) is 5.10 Å². The minimum Gasteiger partial charge on any atom is -0.303 e. The van der Waals surface area contributed by atoms with Crippen molar-refractivity contribution in [2.75, 3.05) is 19.6 Å². The quantitative estimate of drug-likeness (QED) is 0.521. The Morgan fingerprint density at radius 3 is 2.41 bits per heavy atom. The number of carbonyl (C=O) groups is 1. The van der Waals surface area contributed by atoms with Gasteiger partial charge < -0.3 is 4.90 Å². The van der Waals surface area contributed by atoms with Crippen molar-refractivity contribution >= 4 is 5.78 Å². The van der Waals surface area contributed by atoms with Gasteiger partial charge in [-0.1, -0.05) is 34.1 Å². The van der Waals surface area contributed by atoms with Crippen LogP contribution in [0.5, 0.6) is 0 Å². The lowest BCUT2D eigenvalue weighted by Gasteiger charge is -2.36. The molecule has 0 aromatic carbocycles. The summed E-state index contributed by atoms with van der Waals surface area (Å²) in [5, 5.41) is 4.70. The Bertz CT molecular complexity index is 624. The van der Waals surface area contributed by atoms with Gasteiger partial charge in [-0.05, 0) is 68.8 Å². The number of hydrogen-bond donors (Lipinski definition) is 0. The van der Waals surface area contributed by atoms with Gasteiger partial charge in [0, 0.05) is 37.7 Å². The maximum absolute atomic E-state index is 12.5. The zero-order chi connectivity index (χ0) is 20.8. The van der Waals surface area contributed by atoms with Crippen LogP contribution < -0.4 is 0 Å². The molecule has 0 bridgehead atoms. The van der Waals surface area contributed by atoms with Crippen LogP contribution in [0.1, 0.15) is 103 Å². The number of likely N-dealkylation sites (tertiary alicyclic amines) is 1. The molecule has 0 N–H and O–H groups in total. The third kappa shape index (κ3) is 5.93. The van der Waals surface area contributed by atoms with Crippen molar-refractivity contribution in [1.82, 2.24) is 14.7 Å². The topological polar surface area (TPSA) is 38.1 Å². The molecule has 4 heteroatoms. The lowest BCUT2D eigenvalue weighted by molar-refractivity contribution is -0.127. The number of piperidine rings is 1. The first kappa shape index (κ1) is 22.5. The van der Waals surface area contributed by atoms with Crippen molar-refractivity contribution in [3.63, 3.8) is 0 Å². The van der Waals surface area contributed by atoms with Gasteiger partial charge in [0.15, 0.2) is 0 Å². The molecule has 1 saturated carbocycles. The molecule has 29 heavy (non-hydrogen) atoms. The van der Waals surface area contributed by atoms with Gasteiger partial charge in [-0.2, -0.15) is 5.10 Å². The summed E-state index contributed by atoms with van der Waals surface area (Å²) < 4.78 is 2.24. The first-order chi connectivity index (χ1) is 14.0. The molecule has 0 radical (unpaired) electrons. The lowest BCUT2D eigenvalue weighted by atomic mass is 9.77. The van der Waals surface area contributed by atoms with Gasteiger partial charge >= 0.3 is 0 Å². The predicted octanol–water partition coefficient (Wildman–Crippen LogP) is 5.85. The number of aromatic nitrogens is 2. The molecule has 1 aliphatic carbocycles. The fourth-order valence-electron chi connectivity index (χ4n) is 5.37. The normalized spacial score (nSPS) is 26.3. The Hall–Kier alpha value is -1.16. The summed E-state index contributed by atoms with van der Waals surface area (Å²) >= 11 is 0. The fourth-order valence-corrected chi connectivity index (χ4v) is 5.37. The van der Waals surface area contributed by atoms with E-state index < -0.39 is 0 Å². The third-order valence-electron chi connectivity index (χ3n) is 7.71. The number of rotatable bonds is 9. The van der Waals surface area contributed by atoms with Gasteiger partial charge in [0.2, 0.25) is 0 Å². The van der Waals surface area contributed by atoms with E-state index >= 15 is 0 Å². The van der Waals surface area contributed by atoms with Crippen LogP contribution in [0.15, 0.2) is 12.4 Å². The summed E-state index contributed by atoms with van der Waals surface area (Å²) in [6.07, 6.45) is 15.0. The standard InChI is InChI=1S/C25H43N3O/c1-5-7-20(4)23-16-26-28(18-23)24-12-14-27(15-13-24)17-21-8-10-22(11-9-21)25(29)19(3)6-2/h16,18-22,24H,5-15,17H2,1-4H3. The average molecular weight is 402 g/mol. The van der Waals surface area contributed by atoms with E-state index in [2.05, 4.69) is 49.7 Å². The molecule has 4 nitrogen and oxygen atoms in total. The average Bonchev–Trinajstić information content (AvgIpc) is 3.24. The molecule has 1 saturated heterocycles. The Kier molecular flexibility index (Phi) is 8.35. The minimum atomic E-state index is 0.253. The second-order valence-corrected chi connectivity index (χ2v) is 9.90. The molecule has 2 aliphatic rings. The molecule has 1 aromatic heterocycles. The van der Waals surface area contributed by atoms with Crippen LogP contribution in [0.3, 0.4) is 0 Å². The van der Waals surface area contributed by atoms with Crippen LogP contribution in [-0.4, -0.2) is 40.1 Å². The van der Waals surface area contributed by atoms with Crippen LogP contribution in [0, 0.1) is 17.8 Å². The molecular weight excluding hydrogens is 358 g/mol. The van der Waals surface area contributed by atoms with E-state index in [1.165, 1.54) is 63.7 Å². The molecule has 164 valence electrons. The molecule has 2 atom stereocenters. The van der Waals surface area contributed by atoms with Gasteiger partial charge in [-0.15, -0.1) is 0 Å². The summed E-state index contributed by atoms with van der Waals surface area (Å²) in [6.45, 7) is 12.4. The number of hydrogen-bond acceptors (Lipinski definition) is 3. The van der Waals surface area contributed by atoms with Crippen molar-refractivity contribution < 1.29 is 4.79 Å². The number of nitrogens with zero attached hydrogens (tertiary/aromatic N) is 3. The van der Waals surface area contributed by atoms with Gasteiger partial charge in [-0.25, -0.2) is 0 Å². The number of Topliss-reactive ketones (excluding diaryl/α,β-unsaturated/α-hetero) is 1. The predicted molar refractivity (Wildman–Crippen MR) is 120 cm³/mol. The Morgan fingerprint density at radius 2 is 1.79 bits per heavy atom. The largest absolute Gasteiger partial charge is 0.303 e. The Morgan fingerprint density at radius 1 is 1.10 bits per heavy atom. The van der Waals surface area contributed by atoms with Crippen LogP contribution in [-0.2, 0) is 4.79 Å². The molecule has 2 fully saturated rings. The van der Waals surface area contributed by atoms with Gasteiger partial charge in [0.1, 0.15) is 5.78 Å². The maximum Gasteiger partial charge on any atom is 0.138 e. The lowest BCUT2D eigenvalue weighted by Crippen LogP contribution is -2.39. The highest BCUT2D eigenvalue weighted by Gasteiger charge is 2.30. The van der Waals surface area contributed by atoms with E-state index in [-0.39, 0.29) is 5.92 Å². The van der Waals surface area contributed by atoms with Crippen molar-refractivity contribution in [3.8, 4) is 0 Å². The van der Waals surface area contributed by atoms with Crippen LogP contribution in [0.4, 0.5) is 0 Å². The van der Waals surface area contributed by atoms with Gasteiger partial charge in [0.05, 0.1) is 12.2 Å². The highest BCUT2D eigenvalue weighted by atomic mass is 16.1. The summed E-state index contributed by atoms with van der Waals surface area (Å²) in [4.78, 5) is 15.1. The van der Waals surface area contributed by atoms with Crippen LogP contribution in [0.25, 0.3) is 0 Å². The molecular formula is C25H43N3O. The summed E-state index contributed by atoms with van der Waals surface area (Å²) in [5.41, 5.74) is 1.40. The van der Waals surface area contributed by atoms with Crippen molar-refractivity contribution in [2.45, 2.75) is 97.4 Å². The zero-order valence-electron chi connectivity index (χ0n) is 19.3. The van der Waals surface area contributed by atoms with Crippen molar-refractivity contribution in [2.24, 2.45) is 17.8 Å². The van der Waals surface area contributed by atoms with Gasteiger partial charge in [-0.3, -0.25) is 9.48 Å². The summed E-state index contributed by atoms with van der Waals surface area (Å²) in [6, 6.07) is 0.567. The zero-order valence-corrected chi connectivity index (χ0v) is 19.3. The van der Waals surface area contributed by atoms with Crippen LogP contribution in [0.2, 0.25) is 0 Å². The Balaban J connectivity index is 1.40. The highest BCUT2D eigenvalue weighted by Crippen LogP contribution is 2.33. The first-order valence-corrected chi connectivity index (χ1v) is 12.3. The van der Waals surface area contributed by atoms with Crippen molar-refractivity contribution in [1.29, 1.82) is 0 Å². The highest BCUT2D eigenvalue weighted by molar-refractivity contribution is 5.83. The van der Waals surface area contributed by atoms with Crippen LogP contribution >= 0.6 is 0 Å². The van der Waals surface area contributed by atoms with E-state index in [9.17, 15) is 4.79 Å². The molecule has 1 aliphatic heterocycles. The maximum atomic E-state index is 12.5. The Labute approximate surface area is 178 Å². The molecule has 2 unspecified atom stereocenters. The number of carbonyl (C=O) groups excluding carboxylic acids is 1. The molecule has 0 spiro atoms. The first-order valence-electron chi connectivity index (χ1n) is 12.3. The smallest absolute Gasteiger partial charge is 0.138 e. The van der Waals surface area contributed by atoms with Crippen molar-refractivity contribution in [3.05, 3.63) is 18.0 Å². The van der Waals surface area contributed by atoms with Gasteiger partial charge in [0.25, 0.3) is 0 Å². The number of ketones is 1. The molecule has 3 rings (SSSR count). The van der Waals surface area contributed by atoms with E-state index in [1.807, 2.05) is 0 Å². The monoisotopic (exact) mass is 401 g/mol. The molecule has 2 heterocycles. The third-order valence-corrected chi connectivity index (χ3v) is 7.71. The molecule has 1 aromatic rings.